The van der Waals surface area contributed by atoms with Crippen molar-refractivity contribution in [2.75, 3.05) is 19.0 Å². The monoisotopic (exact) mass is 474 g/mol. The molecule has 2 aliphatic carbocycles. The summed E-state index contributed by atoms with van der Waals surface area (Å²) < 4.78 is 19.9. The van der Waals surface area contributed by atoms with Gasteiger partial charge in [0.25, 0.3) is 5.91 Å². The van der Waals surface area contributed by atoms with Gasteiger partial charge >= 0.3 is 12.1 Å². The van der Waals surface area contributed by atoms with Gasteiger partial charge in [-0.1, -0.05) is 48.5 Å². The molecule has 2 N–H and O–H groups in total. The highest BCUT2D eigenvalue weighted by Crippen LogP contribution is 2.44. The average Bonchev–Trinajstić information content (AvgIpc) is 3.62. The zero-order chi connectivity index (χ0) is 24.7. The summed E-state index contributed by atoms with van der Waals surface area (Å²) in [4.78, 5) is 37.9. The standard InChI is InChI=1S/C27H23FN2O5/c1-30(27(12-13-27)25(32)33)24(31)21-14-16(10-11-23(21)28)29-26(34)35-15-22-19-8-4-2-6-17(19)18-7-3-5-9-20(18)22/h2-11,14,22H,12-13,15H2,1H3,(H,29,34)(H,32,33). The molecule has 0 aliphatic heterocycles. The minimum atomic E-state index is -1.31. The van der Waals surface area contributed by atoms with Crippen LogP contribution in [0.5, 0.6) is 0 Å². The molecule has 0 atom stereocenters. The van der Waals surface area contributed by atoms with Crippen molar-refractivity contribution in [3.63, 3.8) is 0 Å². The van der Waals surface area contributed by atoms with Gasteiger partial charge in [0.2, 0.25) is 0 Å². The summed E-state index contributed by atoms with van der Waals surface area (Å²) in [5.41, 5.74) is 2.91. The number of carboxylic acids is 1. The van der Waals surface area contributed by atoms with E-state index in [9.17, 15) is 23.9 Å². The lowest BCUT2D eigenvalue weighted by Crippen LogP contribution is -2.44. The lowest BCUT2D eigenvalue weighted by Gasteiger charge is -2.24. The summed E-state index contributed by atoms with van der Waals surface area (Å²) in [5.74, 6) is -2.81. The van der Waals surface area contributed by atoms with Gasteiger partial charge in [-0.05, 0) is 53.3 Å². The van der Waals surface area contributed by atoms with Gasteiger partial charge in [0.05, 0.1) is 5.56 Å². The van der Waals surface area contributed by atoms with E-state index in [1.807, 2.05) is 48.5 Å². The van der Waals surface area contributed by atoms with Gasteiger partial charge in [0.1, 0.15) is 18.0 Å². The van der Waals surface area contributed by atoms with E-state index in [1.165, 1.54) is 19.2 Å². The zero-order valence-electron chi connectivity index (χ0n) is 19.0. The van der Waals surface area contributed by atoms with Gasteiger partial charge < -0.3 is 14.7 Å². The number of ether oxygens (including phenoxy) is 1. The maximum Gasteiger partial charge on any atom is 0.411 e. The Morgan fingerprint density at radius 2 is 1.63 bits per heavy atom. The number of nitrogens with zero attached hydrogens (tertiary/aromatic N) is 1. The van der Waals surface area contributed by atoms with E-state index in [-0.39, 0.29) is 23.8 Å². The molecule has 1 saturated carbocycles. The van der Waals surface area contributed by atoms with Gasteiger partial charge in [-0.3, -0.25) is 10.1 Å². The van der Waals surface area contributed by atoms with Crippen LogP contribution in [-0.4, -0.2) is 47.2 Å². The van der Waals surface area contributed by atoms with E-state index < -0.39 is 29.3 Å². The molecule has 0 unspecified atom stereocenters. The quantitative estimate of drug-likeness (QED) is 0.531. The van der Waals surface area contributed by atoms with Gasteiger partial charge in [-0.15, -0.1) is 0 Å². The third-order valence-electron chi connectivity index (χ3n) is 6.86. The van der Waals surface area contributed by atoms with Crippen LogP contribution >= 0.6 is 0 Å². The van der Waals surface area contributed by atoms with Gasteiger partial charge in [-0.25, -0.2) is 14.0 Å². The number of hydrogen-bond donors (Lipinski definition) is 2. The number of nitrogens with one attached hydrogen (secondary N) is 1. The van der Waals surface area contributed by atoms with Crippen LogP contribution in [0.4, 0.5) is 14.9 Å². The smallest absolute Gasteiger partial charge is 0.411 e. The highest BCUT2D eigenvalue weighted by Gasteiger charge is 2.55. The van der Waals surface area contributed by atoms with Crippen LogP contribution in [0.3, 0.4) is 0 Å². The minimum Gasteiger partial charge on any atom is -0.479 e. The molecule has 0 bridgehead atoms. The fourth-order valence-electron chi connectivity index (χ4n) is 4.71. The van der Waals surface area contributed by atoms with E-state index in [0.717, 1.165) is 33.2 Å². The largest absolute Gasteiger partial charge is 0.479 e. The predicted octanol–water partition coefficient (Wildman–Crippen LogP) is 4.88. The maximum atomic E-state index is 14.4. The molecule has 5 rings (SSSR count). The number of halogens is 1. The average molecular weight is 474 g/mol. The van der Waals surface area contributed by atoms with Crippen LogP contribution in [-0.2, 0) is 9.53 Å². The third-order valence-corrected chi connectivity index (χ3v) is 6.86. The Morgan fingerprint density at radius 3 is 2.20 bits per heavy atom. The van der Waals surface area contributed by atoms with Crippen molar-refractivity contribution >= 4 is 23.7 Å². The minimum absolute atomic E-state index is 0.108. The molecular weight excluding hydrogens is 451 g/mol. The van der Waals surface area contributed by atoms with Crippen LogP contribution < -0.4 is 5.32 Å². The first-order chi connectivity index (χ1) is 16.8. The lowest BCUT2D eigenvalue weighted by atomic mass is 9.98. The number of hydrogen-bond acceptors (Lipinski definition) is 4. The fraction of sp³-hybridized carbons (Fsp3) is 0.222. The number of carbonyl (C=O) groups excluding carboxylic acids is 2. The number of likely N-dealkylation sites (N-methyl/N-ethyl adjacent to an activating group) is 1. The Hall–Kier alpha value is -4.20. The second kappa shape index (κ2) is 8.54. The van der Waals surface area contributed by atoms with Crippen molar-refractivity contribution in [2.45, 2.75) is 24.3 Å². The highest BCUT2D eigenvalue weighted by molar-refractivity contribution is 6.00. The third kappa shape index (κ3) is 3.90. The molecule has 0 spiro atoms. The van der Waals surface area contributed by atoms with Crippen molar-refractivity contribution in [1.29, 1.82) is 0 Å². The van der Waals surface area contributed by atoms with E-state index in [2.05, 4.69) is 5.32 Å². The summed E-state index contributed by atoms with van der Waals surface area (Å²) in [6.45, 7) is 0.108. The summed E-state index contributed by atoms with van der Waals surface area (Å²) in [6, 6.07) is 19.5. The number of anilines is 1. The van der Waals surface area contributed by atoms with Crippen molar-refractivity contribution < 1.29 is 28.6 Å². The van der Waals surface area contributed by atoms with E-state index in [0.29, 0.717) is 12.8 Å². The number of carboxylic acid groups (broad SMARTS) is 1. The van der Waals surface area contributed by atoms with Gasteiger partial charge in [0, 0.05) is 18.7 Å². The second-order valence-electron chi connectivity index (χ2n) is 8.85. The molecule has 7 nitrogen and oxygen atoms in total. The topological polar surface area (TPSA) is 95.9 Å². The Labute approximate surface area is 201 Å². The number of rotatable bonds is 6. The molecule has 178 valence electrons. The van der Waals surface area contributed by atoms with E-state index in [4.69, 9.17) is 4.74 Å². The summed E-state index contributed by atoms with van der Waals surface area (Å²) in [6.07, 6.45) is -0.122. The molecule has 1 fully saturated rings. The molecule has 2 aliphatic rings. The van der Waals surface area contributed by atoms with Crippen LogP contribution in [0.1, 0.15) is 40.2 Å². The number of carbonyl (C=O) groups is 3. The molecular formula is C27H23FN2O5. The van der Waals surface area contributed by atoms with Gasteiger partial charge in [0.15, 0.2) is 0 Å². The van der Waals surface area contributed by atoms with E-state index in [1.54, 1.807) is 0 Å². The molecule has 3 aromatic rings. The highest BCUT2D eigenvalue weighted by atomic mass is 19.1. The molecule has 8 heteroatoms. The first-order valence-corrected chi connectivity index (χ1v) is 11.2. The Kier molecular flexibility index (Phi) is 5.51. The van der Waals surface area contributed by atoms with E-state index >= 15 is 0 Å². The van der Waals surface area contributed by atoms with Crippen molar-refractivity contribution in [3.05, 3.63) is 89.2 Å². The second-order valence-corrected chi connectivity index (χ2v) is 8.85. The number of aliphatic carboxylic acids is 1. The molecule has 2 amide bonds. The summed E-state index contributed by atoms with van der Waals surface area (Å²) in [7, 11) is 1.34. The van der Waals surface area contributed by atoms with Crippen LogP contribution in [0.25, 0.3) is 11.1 Å². The molecule has 0 aromatic heterocycles. The van der Waals surface area contributed by atoms with Crippen molar-refractivity contribution in [3.8, 4) is 11.1 Å². The number of amides is 2. The fourth-order valence-corrected chi connectivity index (χ4v) is 4.71. The zero-order valence-corrected chi connectivity index (χ0v) is 19.0. The van der Waals surface area contributed by atoms with Crippen molar-refractivity contribution in [2.24, 2.45) is 0 Å². The van der Waals surface area contributed by atoms with Crippen LogP contribution in [0.2, 0.25) is 0 Å². The maximum absolute atomic E-state index is 14.4. The Balaban J connectivity index is 1.28. The molecule has 3 aromatic carbocycles. The molecule has 0 heterocycles. The Morgan fingerprint density at radius 1 is 1.03 bits per heavy atom. The van der Waals surface area contributed by atoms with Crippen molar-refractivity contribution in [1.82, 2.24) is 4.90 Å². The first kappa shape index (κ1) is 22.6. The van der Waals surface area contributed by atoms with Gasteiger partial charge in [-0.2, -0.15) is 0 Å². The molecule has 0 radical (unpaired) electrons. The first-order valence-electron chi connectivity index (χ1n) is 11.2. The van der Waals surface area contributed by atoms with Crippen LogP contribution in [0, 0.1) is 5.82 Å². The normalized spacial score (nSPS) is 15.0. The Bertz CT molecular complexity index is 1310. The SMILES string of the molecule is CN(C(=O)c1cc(NC(=O)OCC2c3ccccc3-c3ccccc32)ccc1F)C1(C(=O)O)CC1. The number of fused-ring (bicyclic) bond motifs is 3. The molecule has 35 heavy (non-hydrogen) atoms. The summed E-state index contributed by atoms with van der Waals surface area (Å²) in [5, 5.41) is 12.0. The number of benzene rings is 3. The van der Waals surface area contributed by atoms with Crippen LogP contribution in [0.15, 0.2) is 66.7 Å². The molecule has 0 saturated heterocycles. The lowest BCUT2D eigenvalue weighted by molar-refractivity contribution is -0.143. The predicted molar refractivity (Wildman–Crippen MR) is 127 cm³/mol. The summed E-state index contributed by atoms with van der Waals surface area (Å²) >= 11 is 0.